The summed E-state index contributed by atoms with van der Waals surface area (Å²) in [6.45, 7) is 4.87. The van der Waals surface area contributed by atoms with E-state index in [4.69, 9.17) is 9.90 Å². The van der Waals surface area contributed by atoms with E-state index in [-0.39, 0.29) is 13.9 Å². The van der Waals surface area contributed by atoms with Crippen LogP contribution in [0.25, 0.3) is 0 Å². The van der Waals surface area contributed by atoms with E-state index in [0.29, 0.717) is 0 Å². The van der Waals surface area contributed by atoms with Gasteiger partial charge in [0.15, 0.2) is 0 Å². The van der Waals surface area contributed by atoms with Crippen molar-refractivity contribution in [2.75, 3.05) is 0 Å². The van der Waals surface area contributed by atoms with Crippen LogP contribution in [-0.4, -0.2) is 19.9 Å². The Hall–Kier alpha value is -0.988. The molecular formula is C8H12CrO5. The summed E-state index contributed by atoms with van der Waals surface area (Å²) in [4.78, 5) is 40.8. The minimum absolute atomic E-state index is 0.250. The van der Waals surface area contributed by atoms with Gasteiger partial charge in [-0.2, -0.15) is 0 Å². The van der Waals surface area contributed by atoms with Crippen molar-refractivity contribution >= 4 is 19.9 Å². The zero-order chi connectivity index (χ0) is 11.9. The van der Waals surface area contributed by atoms with Gasteiger partial charge in [0.2, 0.25) is 0 Å². The molecule has 0 radical (unpaired) electrons. The van der Waals surface area contributed by atoms with E-state index in [0.717, 1.165) is 6.92 Å². The third-order valence-electron chi connectivity index (χ3n) is 0.862. The number of hydrogen-bond acceptors (Lipinski definition) is 5. The number of aliphatic carboxylic acids is 1. The average Bonchev–Trinajstić information content (AvgIpc) is 1.80. The molecule has 0 amide bonds. The van der Waals surface area contributed by atoms with Crippen LogP contribution < -0.4 is 5.11 Å². The second-order valence-corrected chi connectivity index (χ2v) is 5.92. The molecule has 5 nitrogen and oxygen atoms in total. The molecule has 0 aromatic rings. The Morgan fingerprint density at radius 2 is 0.929 bits per heavy atom. The fourth-order valence-electron chi connectivity index (χ4n) is 0.607. The van der Waals surface area contributed by atoms with Gasteiger partial charge in [-0.15, -0.1) is 0 Å². The molecule has 0 aromatic heterocycles. The number of carboxylic acids is 1. The van der Waals surface area contributed by atoms with Crippen molar-refractivity contribution in [3.63, 3.8) is 0 Å². The normalized spacial score (nSPS) is 8.64. The van der Waals surface area contributed by atoms with Crippen molar-refractivity contribution in [2.45, 2.75) is 27.7 Å². The molecule has 0 unspecified atom stereocenters. The third kappa shape index (κ3) is 9.10. The van der Waals surface area contributed by atoms with Crippen LogP contribution in [0.1, 0.15) is 27.7 Å². The number of rotatable bonds is 3. The van der Waals surface area contributed by atoms with Gasteiger partial charge in [0, 0.05) is 5.97 Å². The van der Waals surface area contributed by atoms with E-state index in [1.54, 1.807) is 0 Å². The van der Waals surface area contributed by atoms with Crippen LogP contribution in [0.3, 0.4) is 0 Å². The molecule has 0 aromatic carbocycles. The van der Waals surface area contributed by atoms with Crippen molar-refractivity contribution in [3.05, 3.63) is 0 Å². The molecule has 6 heteroatoms. The molecule has 0 spiro atoms. The quantitative estimate of drug-likeness (QED) is 0.631. The first-order valence-electron chi connectivity index (χ1n) is 3.63. The second-order valence-electron chi connectivity index (χ2n) is 2.27. The summed E-state index contributed by atoms with van der Waals surface area (Å²) >= 11 is -2.24. The van der Waals surface area contributed by atoms with Crippen LogP contribution >= 0.6 is 0 Å². The van der Waals surface area contributed by atoms with E-state index in [9.17, 15) is 14.4 Å². The molecular weight excluding hydrogens is 228 g/mol. The number of hydrogen-bond donors (Lipinski definition) is 0. The Labute approximate surface area is 86.5 Å². The molecule has 0 fully saturated rings. The van der Waals surface area contributed by atoms with Gasteiger partial charge in [0.25, 0.3) is 0 Å². The topological polar surface area (TPSA) is 91.3 Å². The number of carbonyl (C=O) groups is 4. The van der Waals surface area contributed by atoms with Crippen molar-refractivity contribution < 1.29 is 38.4 Å². The predicted molar refractivity (Wildman–Crippen MR) is 42.7 cm³/mol. The molecule has 0 N–H and O–H groups in total. The van der Waals surface area contributed by atoms with Crippen LogP contribution in [-0.2, 0) is 33.3 Å². The molecule has 0 heterocycles. The Balaban J connectivity index is 0. The Bertz CT molecular complexity index is 221. The van der Waals surface area contributed by atoms with Crippen molar-refractivity contribution in [1.82, 2.24) is 0 Å². The Kier molecular flexibility index (Phi) is 8.21. The van der Waals surface area contributed by atoms with E-state index >= 15 is 0 Å². The van der Waals surface area contributed by atoms with Gasteiger partial charge in [-0.25, -0.2) is 0 Å². The maximum absolute atomic E-state index is 10.6. The molecule has 0 saturated carbocycles. The fourth-order valence-corrected chi connectivity index (χ4v) is 2.50. The molecule has 0 atom stereocenters. The van der Waals surface area contributed by atoms with Gasteiger partial charge in [0.1, 0.15) is 0 Å². The Morgan fingerprint density at radius 3 is 0.929 bits per heavy atom. The van der Waals surface area contributed by atoms with Crippen LogP contribution in [0.2, 0.25) is 0 Å². The first kappa shape index (κ1) is 15.5. The standard InChI is InChI=1S/C2H4O2.3C2H3O.Cr/c1-2(3)4;3*1-2-3;/h1H3,(H,3,4);3*1H3;/q;;;;+1/p-1. The molecule has 14 heavy (non-hydrogen) atoms. The van der Waals surface area contributed by atoms with E-state index in [1.165, 1.54) is 20.8 Å². The maximum atomic E-state index is 10.6. The summed E-state index contributed by atoms with van der Waals surface area (Å²) < 4.78 is -0.750. The molecule has 0 saturated heterocycles. The van der Waals surface area contributed by atoms with Crippen molar-refractivity contribution in [1.29, 1.82) is 0 Å². The molecule has 0 rings (SSSR count). The zero-order valence-electron chi connectivity index (χ0n) is 8.45. The Morgan fingerprint density at radius 1 is 0.786 bits per heavy atom. The summed E-state index contributed by atoms with van der Waals surface area (Å²) in [5.41, 5.74) is 0. The van der Waals surface area contributed by atoms with Crippen molar-refractivity contribution in [3.8, 4) is 0 Å². The van der Waals surface area contributed by atoms with Gasteiger partial charge < -0.3 is 9.90 Å². The monoisotopic (exact) mass is 240 g/mol. The summed E-state index contributed by atoms with van der Waals surface area (Å²) in [5.74, 6) is -1.08. The number of carbonyl (C=O) groups excluding carboxylic acids is 4. The summed E-state index contributed by atoms with van der Waals surface area (Å²) in [6.07, 6.45) is 0. The molecule has 0 aliphatic heterocycles. The molecule has 80 valence electrons. The second kappa shape index (κ2) is 7.42. The average molecular weight is 240 g/mol. The third-order valence-corrected chi connectivity index (χ3v) is 3.56. The first-order chi connectivity index (χ1) is 6.20. The van der Waals surface area contributed by atoms with Gasteiger partial charge in [0.05, 0.1) is 0 Å². The van der Waals surface area contributed by atoms with Gasteiger partial charge in [-0.1, -0.05) is 0 Å². The van der Waals surface area contributed by atoms with Gasteiger partial charge in [-0.3, -0.25) is 0 Å². The molecule has 0 aliphatic rings. The predicted octanol–water partition coefficient (Wildman–Crippen LogP) is -1.000. The molecule has 0 aliphatic carbocycles. The van der Waals surface area contributed by atoms with Crippen LogP contribution in [0.4, 0.5) is 0 Å². The van der Waals surface area contributed by atoms with E-state index in [1.807, 2.05) is 0 Å². The van der Waals surface area contributed by atoms with Crippen LogP contribution in [0, 0.1) is 0 Å². The zero-order valence-corrected chi connectivity index (χ0v) is 9.72. The van der Waals surface area contributed by atoms with E-state index in [2.05, 4.69) is 0 Å². The minimum atomic E-state index is -2.24. The van der Waals surface area contributed by atoms with Gasteiger partial charge >= 0.3 is 63.2 Å². The summed E-state index contributed by atoms with van der Waals surface area (Å²) in [5, 5.41) is 8.89. The SMILES string of the molecule is CC(=O)[O-].C[C](=O)[Cr+]([C](C)=O)[C](C)=O. The van der Waals surface area contributed by atoms with E-state index < -0.39 is 20.1 Å². The molecule has 0 bridgehead atoms. The van der Waals surface area contributed by atoms with Crippen molar-refractivity contribution in [2.24, 2.45) is 0 Å². The summed E-state index contributed by atoms with van der Waals surface area (Å²) in [6, 6.07) is 0. The van der Waals surface area contributed by atoms with Crippen LogP contribution in [0.15, 0.2) is 0 Å². The fraction of sp³-hybridized carbons (Fsp3) is 0.500. The van der Waals surface area contributed by atoms with Gasteiger partial charge in [-0.05, 0) is 6.92 Å². The summed E-state index contributed by atoms with van der Waals surface area (Å²) in [7, 11) is 0. The van der Waals surface area contributed by atoms with Crippen LogP contribution in [0.5, 0.6) is 0 Å². The number of carboxylic acid groups (broad SMARTS) is 1. The first-order valence-corrected chi connectivity index (χ1v) is 5.55.